The van der Waals surface area contributed by atoms with Crippen LogP contribution in [0, 0.1) is 0 Å². The average Bonchev–Trinajstić information content (AvgIpc) is 3.30. The fourth-order valence-corrected chi connectivity index (χ4v) is 9.26. The van der Waals surface area contributed by atoms with Crippen molar-refractivity contribution in [1.29, 1.82) is 0 Å². The number of nitrogens with one attached hydrogen (secondary N) is 1. The molecule has 2 aromatic rings. The van der Waals surface area contributed by atoms with Crippen molar-refractivity contribution in [1.82, 2.24) is 5.32 Å². The Kier molecular flexibility index (Phi) is 6.33. The molecule has 1 fully saturated rings. The van der Waals surface area contributed by atoms with Gasteiger partial charge in [0.1, 0.15) is 4.21 Å². The Labute approximate surface area is 169 Å². The second-order valence-electron chi connectivity index (χ2n) is 6.59. The third kappa shape index (κ3) is 4.51. The first-order chi connectivity index (χ1) is 13.3. The highest BCUT2D eigenvalue weighted by Crippen LogP contribution is 2.29. The van der Waals surface area contributed by atoms with Gasteiger partial charge in [0, 0.05) is 6.04 Å². The van der Waals surface area contributed by atoms with Crippen LogP contribution in [0.5, 0.6) is 11.5 Å². The number of rotatable bonds is 8. The molecule has 1 N–H and O–H groups in total. The molecule has 1 saturated heterocycles. The van der Waals surface area contributed by atoms with E-state index in [-0.39, 0.29) is 15.7 Å². The van der Waals surface area contributed by atoms with Crippen LogP contribution in [0.2, 0.25) is 0 Å². The van der Waals surface area contributed by atoms with Crippen molar-refractivity contribution in [2.45, 2.75) is 21.9 Å². The van der Waals surface area contributed by atoms with E-state index < -0.39 is 31.0 Å². The van der Waals surface area contributed by atoms with E-state index in [1.807, 2.05) is 12.1 Å². The summed E-state index contributed by atoms with van der Waals surface area (Å²) in [4.78, 5) is 0. The normalized spacial score (nSPS) is 21.5. The molecule has 154 valence electrons. The molecule has 0 unspecified atom stereocenters. The summed E-state index contributed by atoms with van der Waals surface area (Å²) >= 11 is 1.11. The minimum Gasteiger partial charge on any atom is -0.493 e. The molecule has 7 nitrogen and oxygen atoms in total. The second kappa shape index (κ2) is 8.40. The summed E-state index contributed by atoms with van der Waals surface area (Å²) in [6.45, 7) is 0.451. The lowest BCUT2D eigenvalue weighted by molar-refractivity contribution is 0.354. The van der Waals surface area contributed by atoms with Gasteiger partial charge in [-0.05, 0) is 42.1 Å². The van der Waals surface area contributed by atoms with Crippen LogP contribution in [-0.4, -0.2) is 60.4 Å². The lowest BCUT2D eigenvalue weighted by Gasteiger charge is -2.19. The minimum atomic E-state index is -3.69. The Hall–Kier alpha value is -1.62. The van der Waals surface area contributed by atoms with Gasteiger partial charge in [0.25, 0.3) is 0 Å². The standard InChI is InChI=1S/C18H23NO6S3/c1-24-15-6-5-13(10-16(15)25-2)7-8-19-14-11-27(20,21)12-17(14)28(22,23)18-4-3-9-26-18/h3-6,9-10,14,17,19H,7-8,11-12H2,1-2H3/t14-,17-/m1/s1. The molecular weight excluding hydrogens is 422 g/mol. The van der Waals surface area contributed by atoms with Crippen LogP contribution in [0.1, 0.15) is 5.56 Å². The number of methoxy groups -OCH3 is 2. The third-order valence-electron chi connectivity index (χ3n) is 4.74. The highest BCUT2D eigenvalue weighted by molar-refractivity contribution is 7.97. The van der Waals surface area contributed by atoms with E-state index in [0.29, 0.717) is 24.5 Å². The van der Waals surface area contributed by atoms with E-state index in [0.717, 1.165) is 16.9 Å². The first-order valence-electron chi connectivity index (χ1n) is 8.69. The van der Waals surface area contributed by atoms with Crippen LogP contribution in [0.3, 0.4) is 0 Å². The molecule has 10 heteroatoms. The predicted molar refractivity (Wildman–Crippen MR) is 109 cm³/mol. The summed E-state index contributed by atoms with van der Waals surface area (Å²) in [7, 11) is -3.98. The van der Waals surface area contributed by atoms with Crippen LogP contribution >= 0.6 is 11.3 Å². The number of benzene rings is 1. The molecule has 2 atom stereocenters. The lowest BCUT2D eigenvalue weighted by atomic mass is 10.1. The molecule has 1 aromatic heterocycles. The SMILES string of the molecule is COc1ccc(CCN[C@@H]2CS(=O)(=O)C[C@H]2S(=O)(=O)c2cccs2)cc1OC. The zero-order valence-corrected chi connectivity index (χ0v) is 18.1. The van der Waals surface area contributed by atoms with Crippen molar-refractivity contribution < 1.29 is 26.3 Å². The molecule has 28 heavy (non-hydrogen) atoms. The van der Waals surface area contributed by atoms with Crippen LogP contribution in [0.4, 0.5) is 0 Å². The van der Waals surface area contributed by atoms with Crippen LogP contribution < -0.4 is 14.8 Å². The summed E-state index contributed by atoms with van der Waals surface area (Å²) in [6, 6.07) is 8.10. The number of thiophene rings is 1. The largest absolute Gasteiger partial charge is 0.493 e. The number of ether oxygens (including phenoxy) is 2. The van der Waals surface area contributed by atoms with Gasteiger partial charge in [-0.3, -0.25) is 0 Å². The molecule has 1 aromatic carbocycles. The van der Waals surface area contributed by atoms with Gasteiger partial charge in [-0.15, -0.1) is 11.3 Å². The Morgan fingerprint density at radius 2 is 1.89 bits per heavy atom. The van der Waals surface area contributed by atoms with Gasteiger partial charge in [-0.1, -0.05) is 12.1 Å². The van der Waals surface area contributed by atoms with E-state index in [1.54, 1.807) is 31.7 Å². The lowest BCUT2D eigenvalue weighted by Crippen LogP contribution is -2.43. The Morgan fingerprint density at radius 1 is 1.14 bits per heavy atom. The van der Waals surface area contributed by atoms with Gasteiger partial charge in [-0.25, -0.2) is 16.8 Å². The number of hydrogen-bond acceptors (Lipinski definition) is 8. The molecule has 0 saturated carbocycles. The molecule has 0 bridgehead atoms. The zero-order chi connectivity index (χ0) is 20.4. The fraction of sp³-hybridized carbons (Fsp3) is 0.444. The van der Waals surface area contributed by atoms with Crippen LogP contribution in [0.15, 0.2) is 39.9 Å². The summed E-state index contributed by atoms with van der Waals surface area (Å²) in [5.74, 6) is 0.722. The average molecular weight is 446 g/mol. The smallest absolute Gasteiger partial charge is 0.193 e. The topological polar surface area (TPSA) is 98.8 Å². The first kappa shape index (κ1) is 21.1. The van der Waals surface area contributed by atoms with E-state index in [4.69, 9.17) is 9.47 Å². The van der Waals surface area contributed by atoms with Crippen molar-refractivity contribution in [2.24, 2.45) is 0 Å². The molecular formula is C18H23NO6S3. The maximum Gasteiger partial charge on any atom is 0.193 e. The van der Waals surface area contributed by atoms with E-state index in [1.165, 1.54) is 6.07 Å². The number of sulfone groups is 2. The van der Waals surface area contributed by atoms with Gasteiger partial charge in [0.15, 0.2) is 31.2 Å². The van der Waals surface area contributed by atoms with Crippen molar-refractivity contribution >= 4 is 31.0 Å². The van der Waals surface area contributed by atoms with Gasteiger partial charge in [0.05, 0.1) is 31.0 Å². The van der Waals surface area contributed by atoms with Crippen molar-refractivity contribution in [3.63, 3.8) is 0 Å². The number of hydrogen-bond donors (Lipinski definition) is 1. The molecule has 1 aliphatic heterocycles. The Bertz CT molecular complexity index is 1020. The molecule has 3 rings (SSSR count). The minimum absolute atomic E-state index is 0.172. The third-order valence-corrected chi connectivity index (χ3v) is 10.3. The summed E-state index contributed by atoms with van der Waals surface area (Å²) < 4.78 is 60.7. The van der Waals surface area contributed by atoms with Crippen LogP contribution in [0.25, 0.3) is 0 Å². The molecule has 0 aliphatic carbocycles. The van der Waals surface area contributed by atoms with Crippen molar-refractivity contribution in [3.8, 4) is 11.5 Å². The Morgan fingerprint density at radius 3 is 2.54 bits per heavy atom. The van der Waals surface area contributed by atoms with Gasteiger partial charge in [-0.2, -0.15) is 0 Å². The van der Waals surface area contributed by atoms with Crippen molar-refractivity contribution in [3.05, 3.63) is 41.3 Å². The fourth-order valence-electron chi connectivity index (χ4n) is 3.32. The maximum atomic E-state index is 12.9. The maximum absolute atomic E-state index is 12.9. The second-order valence-corrected chi connectivity index (χ2v) is 12.1. The van der Waals surface area contributed by atoms with Gasteiger partial charge < -0.3 is 14.8 Å². The highest BCUT2D eigenvalue weighted by Gasteiger charge is 2.45. The summed E-state index contributed by atoms with van der Waals surface area (Å²) in [6.07, 6.45) is 0.600. The van der Waals surface area contributed by atoms with Gasteiger partial charge in [0.2, 0.25) is 0 Å². The highest BCUT2D eigenvalue weighted by atomic mass is 32.2. The summed E-state index contributed by atoms with van der Waals surface area (Å²) in [5, 5.41) is 3.85. The van der Waals surface area contributed by atoms with E-state index >= 15 is 0 Å². The quantitative estimate of drug-likeness (QED) is 0.658. The van der Waals surface area contributed by atoms with E-state index in [9.17, 15) is 16.8 Å². The summed E-state index contributed by atoms with van der Waals surface area (Å²) in [5.41, 5.74) is 0.976. The van der Waals surface area contributed by atoms with E-state index in [2.05, 4.69) is 5.32 Å². The molecule has 2 heterocycles. The van der Waals surface area contributed by atoms with Crippen molar-refractivity contribution in [2.75, 3.05) is 32.3 Å². The molecule has 1 aliphatic rings. The Balaban J connectivity index is 1.70. The molecule has 0 radical (unpaired) electrons. The molecule has 0 spiro atoms. The predicted octanol–water partition coefficient (Wildman–Crippen LogP) is 1.54. The monoisotopic (exact) mass is 445 g/mol. The first-order valence-corrected chi connectivity index (χ1v) is 12.9. The zero-order valence-electron chi connectivity index (χ0n) is 15.6. The van der Waals surface area contributed by atoms with Gasteiger partial charge >= 0.3 is 0 Å². The molecule has 0 amide bonds. The van der Waals surface area contributed by atoms with Crippen LogP contribution in [-0.2, 0) is 26.1 Å².